The predicted octanol–water partition coefficient (Wildman–Crippen LogP) is 0.215. The standard InChI is InChI=1S/C10H7N3O4.H2O4S/c14-9(15)5-1-2-6(10(16)17)7(3-5)8-4-11-13-12-8;1-5(2,3)4/h1-4H,(H,14,15)(H,16,17)(H,11,12,13);(H2,1,2,3,4). The Bertz CT molecular complexity index is 777. The van der Waals surface area contributed by atoms with E-state index in [1.807, 2.05) is 0 Å². The van der Waals surface area contributed by atoms with Gasteiger partial charge in [0.15, 0.2) is 0 Å². The van der Waals surface area contributed by atoms with Gasteiger partial charge in [-0.2, -0.15) is 8.42 Å². The van der Waals surface area contributed by atoms with Crippen molar-refractivity contribution in [3.63, 3.8) is 0 Å². The topological polar surface area (TPSA) is 191 Å². The third kappa shape index (κ3) is 5.28. The molecule has 2 aromatic rings. The summed E-state index contributed by atoms with van der Waals surface area (Å²) in [5, 5.41) is 27.4. The first kappa shape index (κ1) is 17.2. The molecule has 0 aliphatic heterocycles. The lowest BCUT2D eigenvalue weighted by atomic mass is 10.0. The molecule has 0 aliphatic rings. The van der Waals surface area contributed by atoms with Gasteiger partial charge in [-0.05, 0) is 18.2 Å². The van der Waals surface area contributed by atoms with Gasteiger partial charge in [-0.3, -0.25) is 14.2 Å². The summed E-state index contributed by atoms with van der Waals surface area (Å²) in [7, 11) is -4.67. The minimum Gasteiger partial charge on any atom is -0.478 e. The molecule has 11 nitrogen and oxygen atoms in total. The van der Waals surface area contributed by atoms with Crippen LogP contribution in [0.2, 0.25) is 0 Å². The highest BCUT2D eigenvalue weighted by Crippen LogP contribution is 2.22. The zero-order chi connectivity index (χ0) is 16.9. The average Bonchev–Trinajstić information content (AvgIpc) is 2.89. The Morgan fingerprint density at radius 3 is 2.09 bits per heavy atom. The third-order valence-corrected chi connectivity index (χ3v) is 2.19. The normalized spacial score (nSPS) is 10.5. The lowest BCUT2D eigenvalue weighted by Gasteiger charge is -2.03. The van der Waals surface area contributed by atoms with Crippen molar-refractivity contribution in [2.75, 3.05) is 0 Å². The summed E-state index contributed by atoms with van der Waals surface area (Å²) in [4.78, 5) is 21.8. The molecular formula is C10H9N3O8S. The Kier molecular flexibility index (Phi) is 5.28. The van der Waals surface area contributed by atoms with Crippen molar-refractivity contribution in [1.29, 1.82) is 0 Å². The number of hydrogen-bond donors (Lipinski definition) is 5. The molecule has 0 fully saturated rings. The van der Waals surface area contributed by atoms with Crippen molar-refractivity contribution in [3.8, 4) is 11.3 Å². The summed E-state index contributed by atoms with van der Waals surface area (Å²) in [5.74, 6) is -2.29. The molecular weight excluding hydrogens is 322 g/mol. The summed E-state index contributed by atoms with van der Waals surface area (Å²) in [6, 6.07) is 3.72. The van der Waals surface area contributed by atoms with Crippen LogP contribution in [0.15, 0.2) is 24.4 Å². The van der Waals surface area contributed by atoms with E-state index in [2.05, 4.69) is 15.4 Å². The van der Waals surface area contributed by atoms with Gasteiger partial charge in [0.05, 0.1) is 17.3 Å². The summed E-state index contributed by atoms with van der Waals surface area (Å²) in [6.45, 7) is 0. The summed E-state index contributed by atoms with van der Waals surface area (Å²) < 4.78 is 31.6. The number of aromatic nitrogens is 3. The zero-order valence-corrected chi connectivity index (χ0v) is 11.4. The monoisotopic (exact) mass is 331 g/mol. The summed E-state index contributed by atoms with van der Waals surface area (Å²) in [6.07, 6.45) is 1.40. The highest BCUT2D eigenvalue weighted by atomic mass is 32.3. The average molecular weight is 331 g/mol. The largest absolute Gasteiger partial charge is 0.478 e. The van der Waals surface area contributed by atoms with E-state index in [-0.39, 0.29) is 22.4 Å². The van der Waals surface area contributed by atoms with Gasteiger partial charge in [0, 0.05) is 5.56 Å². The molecule has 1 heterocycles. The molecule has 0 spiro atoms. The number of benzene rings is 1. The Morgan fingerprint density at radius 2 is 1.68 bits per heavy atom. The highest BCUT2D eigenvalue weighted by Gasteiger charge is 2.16. The molecule has 0 saturated carbocycles. The minimum atomic E-state index is -4.67. The van der Waals surface area contributed by atoms with E-state index in [0.29, 0.717) is 0 Å². The van der Waals surface area contributed by atoms with Gasteiger partial charge in [0.1, 0.15) is 5.69 Å². The molecule has 0 bridgehead atoms. The number of H-pyrrole nitrogens is 1. The number of hydrogen-bond acceptors (Lipinski definition) is 6. The van der Waals surface area contributed by atoms with Crippen molar-refractivity contribution >= 4 is 22.3 Å². The second-order valence-corrected chi connectivity index (χ2v) is 4.57. The number of carbonyl (C=O) groups is 2. The number of carboxylic acids is 2. The number of rotatable bonds is 3. The molecule has 2 rings (SSSR count). The maximum atomic E-state index is 11.0. The number of aromatic amines is 1. The van der Waals surface area contributed by atoms with Crippen LogP contribution in [-0.2, 0) is 10.4 Å². The minimum absolute atomic E-state index is 0.00648. The van der Waals surface area contributed by atoms with Crippen LogP contribution < -0.4 is 0 Å². The molecule has 22 heavy (non-hydrogen) atoms. The van der Waals surface area contributed by atoms with Crippen LogP contribution in [0.1, 0.15) is 20.7 Å². The first-order valence-electron chi connectivity index (χ1n) is 5.27. The van der Waals surface area contributed by atoms with Crippen LogP contribution in [0, 0.1) is 0 Å². The molecule has 0 aliphatic carbocycles. The number of carboxylic acid groups (broad SMARTS) is 2. The second-order valence-electron chi connectivity index (χ2n) is 3.68. The number of aromatic carboxylic acids is 2. The van der Waals surface area contributed by atoms with E-state index < -0.39 is 22.3 Å². The maximum Gasteiger partial charge on any atom is 0.394 e. The van der Waals surface area contributed by atoms with Gasteiger partial charge in [-0.15, -0.1) is 5.10 Å². The smallest absolute Gasteiger partial charge is 0.394 e. The van der Waals surface area contributed by atoms with Gasteiger partial charge in [0.25, 0.3) is 0 Å². The summed E-state index contributed by atoms with van der Waals surface area (Å²) >= 11 is 0. The Morgan fingerprint density at radius 1 is 1.09 bits per heavy atom. The first-order valence-corrected chi connectivity index (χ1v) is 6.66. The fraction of sp³-hybridized carbons (Fsp3) is 0. The van der Waals surface area contributed by atoms with E-state index in [4.69, 9.17) is 27.7 Å². The predicted molar refractivity (Wildman–Crippen MR) is 69.9 cm³/mol. The molecule has 5 N–H and O–H groups in total. The van der Waals surface area contributed by atoms with Gasteiger partial charge in [0.2, 0.25) is 0 Å². The van der Waals surface area contributed by atoms with Gasteiger partial charge >= 0.3 is 22.3 Å². The Hall–Kier alpha value is -2.83. The summed E-state index contributed by atoms with van der Waals surface area (Å²) in [5.41, 5.74) is 0.466. The molecule has 0 unspecified atom stereocenters. The van der Waals surface area contributed by atoms with E-state index in [9.17, 15) is 9.59 Å². The highest BCUT2D eigenvalue weighted by molar-refractivity contribution is 7.79. The second kappa shape index (κ2) is 6.75. The van der Waals surface area contributed by atoms with Gasteiger partial charge in [-0.25, -0.2) is 9.59 Å². The molecule has 0 saturated heterocycles. The van der Waals surface area contributed by atoms with Crippen LogP contribution in [0.4, 0.5) is 0 Å². The van der Waals surface area contributed by atoms with Crippen LogP contribution in [0.25, 0.3) is 11.3 Å². The van der Waals surface area contributed by atoms with Crippen molar-refractivity contribution in [2.45, 2.75) is 0 Å². The van der Waals surface area contributed by atoms with Crippen molar-refractivity contribution in [1.82, 2.24) is 15.4 Å². The fourth-order valence-electron chi connectivity index (χ4n) is 1.41. The van der Waals surface area contributed by atoms with E-state index in [1.54, 1.807) is 0 Å². The quantitative estimate of drug-likeness (QED) is 0.486. The van der Waals surface area contributed by atoms with Crippen molar-refractivity contribution in [2.24, 2.45) is 0 Å². The van der Waals surface area contributed by atoms with Crippen LogP contribution in [0.3, 0.4) is 0 Å². The first-order chi connectivity index (χ1) is 10.1. The molecule has 1 aromatic carbocycles. The van der Waals surface area contributed by atoms with E-state index >= 15 is 0 Å². The zero-order valence-electron chi connectivity index (χ0n) is 10.5. The van der Waals surface area contributed by atoms with E-state index in [1.165, 1.54) is 24.4 Å². The van der Waals surface area contributed by atoms with Crippen molar-refractivity contribution < 1.29 is 37.3 Å². The Labute approximate surface area is 122 Å². The van der Waals surface area contributed by atoms with E-state index in [0.717, 1.165) is 0 Å². The Balaban J connectivity index is 0.000000422. The molecule has 12 heteroatoms. The van der Waals surface area contributed by atoms with Gasteiger partial charge < -0.3 is 10.2 Å². The molecule has 0 radical (unpaired) electrons. The number of nitrogens with one attached hydrogen (secondary N) is 1. The number of nitrogens with zero attached hydrogens (tertiary/aromatic N) is 2. The molecule has 118 valence electrons. The molecule has 0 atom stereocenters. The van der Waals surface area contributed by atoms with Crippen molar-refractivity contribution in [3.05, 3.63) is 35.5 Å². The fourth-order valence-corrected chi connectivity index (χ4v) is 1.41. The third-order valence-electron chi connectivity index (χ3n) is 2.19. The molecule has 0 amide bonds. The maximum absolute atomic E-state index is 11.0. The SMILES string of the molecule is O=C(O)c1ccc(C(=O)O)c(-c2c[nH]nn2)c1.O=S(=O)(O)O. The lowest BCUT2D eigenvalue weighted by molar-refractivity contribution is 0.0682. The van der Waals surface area contributed by atoms with Gasteiger partial charge in [-0.1, -0.05) is 5.21 Å². The molecule has 1 aromatic heterocycles. The van der Waals surface area contributed by atoms with Crippen LogP contribution in [0.5, 0.6) is 0 Å². The van der Waals surface area contributed by atoms with Crippen LogP contribution >= 0.6 is 0 Å². The van der Waals surface area contributed by atoms with Crippen LogP contribution in [-0.4, -0.2) is 55.1 Å². The lowest BCUT2D eigenvalue weighted by Crippen LogP contribution is -2.03.